The summed E-state index contributed by atoms with van der Waals surface area (Å²) in [5, 5.41) is 18.8. The minimum atomic E-state index is -0.870. The van der Waals surface area contributed by atoms with E-state index in [9.17, 15) is 10.5 Å². The minimum absolute atomic E-state index is 0.0105. The smallest absolute Gasteiger partial charge is 0.277 e. The standard InChI is InChI=1S/C15H20N4OS/c1-2-3-4-5-6-11-13(9-16)12(18)19-15(14(11,13)10-17)20-7-8-21-15/h11H,2-8H2,1H3,(H2,18,19)/p+1/t11-,13+,14+,15+/m0/s1. The van der Waals surface area contributed by atoms with Crippen molar-refractivity contribution in [1.29, 1.82) is 10.5 Å². The Bertz CT molecular complexity index is 557. The van der Waals surface area contributed by atoms with Gasteiger partial charge in [-0.15, -0.1) is 0 Å². The van der Waals surface area contributed by atoms with E-state index in [-0.39, 0.29) is 5.92 Å². The Morgan fingerprint density at radius 2 is 2.19 bits per heavy atom. The Morgan fingerprint density at radius 3 is 2.76 bits per heavy atom. The van der Waals surface area contributed by atoms with Crippen molar-refractivity contribution >= 4 is 17.6 Å². The molecule has 0 aromatic carbocycles. The lowest BCUT2D eigenvalue weighted by Crippen LogP contribution is -2.88. The van der Waals surface area contributed by atoms with Gasteiger partial charge >= 0.3 is 0 Å². The molecule has 3 rings (SSSR count). The molecule has 0 radical (unpaired) electrons. The van der Waals surface area contributed by atoms with Crippen molar-refractivity contribution < 1.29 is 9.73 Å². The fourth-order valence-corrected chi connectivity index (χ4v) is 5.58. The second-order valence-electron chi connectivity index (χ2n) is 6.09. The van der Waals surface area contributed by atoms with Crippen LogP contribution in [0.2, 0.25) is 0 Å². The van der Waals surface area contributed by atoms with Crippen LogP contribution in [0.1, 0.15) is 39.0 Å². The number of nitrogens with one attached hydrogen (secondary N) is 1. The van der Waals surface area contributed by atoms with E-state index in [0.717, 1.165) is 25.0 Å². The molecule has 0 bridgehead atoms. The van der Waals surface area contributed by atoms with Gasteiger partial charge in [-0.1, -0.05) is 44.4 Å². The minimum Gasteiger partial charge on any atom is -0.327 e. The highest BCUT2D eigenvalue weighted by atomic mass is 32.2. The molecule has 2 aliphatic heterocycles. The summed E-state index contributed by atoms with van der Waals surface area (Å²) in [6.45, 7) is 2.77. The molecule has 3 aliphatic rings. The van der Waals surface area contributed by atoms with Crippen LogP contribution in [0.25, 0.3) is 0 Å². The van der Waals surface area contributed by atoms with E-state index in [0.29, 0.717) is 12.4 Å². The van der Waals surface area contributed by atoms with E-state index in [1.165, 1.54) is 12.8 Å². The fraction of sp³-hybridized carbons (Fsp3) is 0.800. The van der Waals surface area contributed by atoms with E-state index in [4.69, 9.17) is 10.5 Å². The summed E-state index contributed by atoms with van der Waals surface area (Å²) < 4.78 is 5.88. The second kappa shape index (κ2) is 4.90. The fourth-order valence-electron chi connectivity index (χ4n) is 4.20. The van der Waals surface area contributed by atoms with Gasteiger partial charge in [-0.05, 0) is 6.42 Å². The third kappa shape index (κ3) is 1.53. The number of rotatable bonds is 5. The van der Waals surface area contributed by atoms with Crippen LogP contribution >= 0.6 is 11.8 Å². The second-order valence-corrected chi connectivity index (χ2v) is 7.37. The summed E-state index contributed by atoms with van der Waals surface area (Å²) in [4.78, 5) is 3.13. The number of thioether (sulfide) groups is 1. The SMILES string of the molecule is CCCCCC[C@@H]1[C@@]2(C#N)[C@@]3([NH+]=C(N)[C@@]12C#N)OCCS3. The molecule has 0 amide bonds. The number of amidine groups is 1. The van der Waals surface area contributed by atoms with Crippen molar-refractivity contribution in [2.75, 3.05) is 12.4 Å². The Balaban J connectivity index is 1.88. The van der Waals surface area contributed by atoms with Crippen molar-refractivity contribution in [3.63, 3.8) is 0 Å². The average Bonchev–Trinajstić information content (AvgIpc) is 2.74. The van der Waals surface area contributed by atoms with Crippen molar-refractivity contribution in [1.82, 2.24) is 0 Å². The highest BCUT2D eigenvalue weighted by molar-refractivity contribution is 8.00. The van der Waals surface area contributed by atoms with Gasteiger partial charge in [-0.2, -0.15) is 10.5 Å². The Morgan fingerprint density at radius 1 is 1.38 bits per heavy atom. The van der Waals surface area contributed by atoms with Crippen molar-refractivity contribution in [3.8, 4) is 12.1 Å². The highest BCUT2D eigenvalue weighted by Crippen LogP contribution is 2.77. The number of nitrogens with zero attached hydrogens (tertiary/aromatic N) is 2. The normalized spacial score (nSPS) is 43.2. The number of fused-ring (bicyclic) bond motifs is 2. The van der Waals surface area contributed by atoms with Crippen LogP contribution in [-0.4, -0.2) is 23.3 Å². The third-order valence-electron chi connectivity index (χ3n) is 5.22. The first kappa shape index (κ1) is 14.7. The Labute approximate surface area is 129 Å². The molecule has 2 fully saturated rings. The molecule has 112 valence electrons. The maximum absolute atomic E-state index is 9.88. The van der Waals surface area contributed by atoms with Gasteiger partial charge in [-0.3, -0.25) is 5.73 Å². The molecule has 3 N–H and O–H groups in total. The van der Waals surface area contributed by atoms with Crippen molar-refractivity contribution in [2.45, 2.75) is 44.1 Å². The molecule has 1 aliphatic carbocycles. The Hall–Kier alpha value is -1.24. The van der Waals surface area contributed by atoms with Crippen molar-refractivity contribution in [2.24, 2.45) is 22.5 Å². The van der Waals surface area contributed by atoms with Crippen molar-refractivity contribution in [3.05, 3.63) is 0 Å². The van der Waals surface area contributed by atoms with E-state index >= 15 is 0 Å². The summed E-state index contributed by atoms with van der Waals surface area (Å²) in [7, 11) is 0. The Kier molecular flexibility index (Phi) is 3.43. The summed E-state index contributed by atoms with van der Waals surface area (Å²) in [6, 6.07) is 4.79. The van der Waals surface area contributed by atoms with Gasteiger partial charge < -0.3 is 4.74 Å². The van der Waals surface area contributed by atoms with Gasteiger partial charge in [-0.25, -0.2) is 4.99 Å². The monoisotopic (exact) mass is 305 g/mol. The lowest BCUT2D eigenvalue weighted by atomic mass is 9.95. The first-order valence-electron chi connectivity index (χ1n) is 7.66. The number of hydrogen-bond acceptors (Lipinski definition) is 5. The lowest BCUT2D eigenvalue weighted by Gasteiger charge is -2.23. The van der Waals surface area contributed by atoms with Gasteiger partial charge in [0.15, 0.2) is 10.8 Å². The maximum Gasteiger partial charge on any atom is 0.277 e. The lowest BCUT2D eigenvalue weighted by molar-refractivity contribution is -0.584. The molecule has 21 heavy (non-hydrogen) atoms. The van der Waals surface area contributed by atoms with Gasteiger partial charge in [0.1, 0.15) is 0 Å². The molecule has 4 atom stereocenters. The molecule has 0 unspecified atom stereocenters. The molecular weight excluding hydrogens is 284 g/mol. The molecule has 1 saturated carbocycles. The van der Waals surface area contributed by atoms with E-state index in [1.807, 2.05) is 0 Å². The van der Waals surface area contributed by atoms with Crippen LogP contribution in [0.4, 0.5) is 0 Å². The summed E-state index contributed by atoms with van der Waals surface area (Å²) >= 11 is 1.58. The molecule has 1 saturated heterocycles. The summed E-state index contributed by atoms with van der Waals surface area (Å²) in [5.74, 6) is 1.25. The predicted molar refractivity (Wildman–Crippen MR) is 79.6 cm³/mol. The number of nitriles is 2. The molecular formula is C15H21N4OS+. The molecule has 5 nitrogen and oxygen atoms in total. The zero-order chi connectivity index (χ0) is 15.1. The molecule has 0 aromatic heterocycles. The topological polar surface area (TPSA) is 96.8 Å². The van der Waals surface area contributed by atoms with E-state index in [2.05, 4.69) is 24.1 Å². The van der Waals surface area contributed by atoms with Gasteiger partial charge in [0.25, 0.3) is 10.9 Å². The molecule has 0 aromatic rings. The summed E-state index contributed by atoms with van der Waals surface area (Å²) in [6.07, 6.45) is 5.43. The zero-order valence-electron chi connectivity index (χ0n) is 12.3. The van der Waals surface area contributed by atoms with Crippen LogP contribution < -0.4 is 10.7 Å². The van der Waals surface area contributed by atoms with Gasteiger partial charge in [0.05, 0.1) is 18.7 Å². The average molecular weight is 305 g/mol. The van der Waals surface area contributed by atoms with Gasteiger partial charge in [0, 0.05) is 11.7 Å². The number of unbranched alkanes of at least 4 members (excludes halogenated alkanes) is 3. The van der Waals surface area contributed by atoms with E-state index in [1.54, 1.807) is 11.8 Å². The maximum atomic E-state index is 9.88. The van der Waals surface area contributed by atoms with Gasteiger partial charge in [0.2, 0.25) is 0 Å². The van der Waals surface area contributed by atoms with Crippen LogP contribution in [-0.2, 0) is 4.74 Å². The van der Waals surface area contributed by atoms with Crippen LogP contribution in [0, 0.1) is 39.4 Å². The number of ether oxygens (including phenoxy) is 1. The molecule has 6 heteroatoms. The molecule has 1 spiro atoms. The predicted octanol–water partition coefficient (Wildman–Crippen LogP) is 0.475. The molecule has 2 heterocycles. The quantitative estimate of drug-likeness (QED) is 0.720. The van der Waals surface area contributed by atoms with Crippen LogP contribution in [0.15, 0.2) is 0 Å². The first-order valence-corrected chi connectivity index (χ1v) is 8.65. The van der Waals surface area contributed by atoms with E-state index < -0.39 is 15.9 Å². The van der Waals surface area contributed by atoms with Crippen LogP contribution in [0.3, 0.4) is 0 Å². The number of hydrogen-bond donors (Lipinski definition) is 2. The largest absolute Gasteiger partial charge is 0.327 e. The summed E-state index contributed by atoms with van der Waals surface area (Å²) in [5.41, 5.74) is 4.44. The number of nitrogens with two attached hydrogens (primary N) is 1. The zero-order valence-corrected chi connectivity index (χ0v) is 13.1. The third-order valence-corrected chi connectivity index (χ3v) is 6.54. The van der Waals surface area contributed by atoms with Crippen LogP contribution in [0.5, 0.6) is 0 Å². The first-order chi connectivity index (χ1) is 10.1. The highest BCUT2D eigenvalue weighted by Gasteiger charge is 2.95.